The Morgan fingerprint density at radius 1 is 1.27 bits per heavy atom. The van der Waals surface area contributed by atoms with Crippen LogP contribution in [0.1, 0.15) is 32.8 Å². The molecule has 0 saturated carbocycles. The number of rotatable bonds is 5. The molecule has 0 saturated heterocycles. The Hall–Kier alpha value is -1.24. The van der Waals surface area contributed by atoms with Crippen molar-refractivity contribution in [2.45, 2.75) is 27.2 Å². The van der Waals surface area contributed by atoms with Gasteiger partial charge in [-0.05, 0) is 25.3 Å². The SMILES string of the molecule is CC=Cc1ccccc1OCCC(C)C. The summed E-state index contributed by atoms with van der Waals surface area (Å²) in [5, 5.41) is 0. The van der Waals surface area contributed by atoms with Crippen molar-refractivity contribution in [3.05, 3.63) is 35.9 Å². The fourth-order valence-corrected chi connectivity index (χ4v) is 1.33. The van der Waals surface area contributed by atoms with Crippen LogP contribution in [0.25, 0.3) is 6.08 Å². The molecule has 1 nitrogen and oxygen atoms in total. The van der Waals surface area contributed by atoms with E-state index in [4.69, 9.17) is 4.74 Å². The van der Waals surface area contributed by atoms with Gasteiger partial charge in [0, 0.05) is 5.56 Å². The molecule has 0 atom stereocenters. The average Bonchev–Trinajstić information content (AvgIpc) is 2.20. The number of hydrogen-bond acceptors (Lipinski definition) is 1. The van der Waals surface area contributed by atoms with Crippen LogP contribution in [0, 0.1) is 5.92 Å². The number of hydrogen-bond donors (Lipinski definition) is 0. The minimum Gasteiger partial charge on any atom is -0.493 e. The van der Waals surface area contributed by atoms with Crippen LogP contribution in [0.2, 0.25) is 0 Å². The zero-order chi connectivity index (χ0) is 11.1. The van der Waals surface area contributed by atoms with Crippen LogP contribution in [0.15, 0.2) is 30.3 Å². The maximum absolute atomic E-state index is 5.75. The van der Waals surface area contributed by atoms with E-state index in [1.54, 1.807) is 0 Å². The number of para-hydroxylation sites is 1. The summed E-state index contributed by atoms with van der Waals surface area (Å²) in [5.41, 5.74) is 1.16. The average molecular weight is 204 g/mol. The molecule has 0 fully saturated rings. The molecule has 0 spiro atoms. The molecule has 0 aliphatic heterocycles. The summed E-state index contributed by atoms with van der Waals surface area (Å²) in [6.07, 6.45) is 5.21. The van der Waals surface area contributed by atoms with Gasteiger partial charge in [0.25, 0.3) is 0 Å². The molecular weight excluding hydrogens is 184 g/mol. The van der Waals surface area contributed by atoms with Gasteiger partial charge in [0.05, 0.1) is 6.61 Å². The van der Waals surface area contributed by atoms with Gasteiger partial charge in [-0.2, -0.15) is 0 Å². The third-order valence-electron chi connectivity index (χ3n) is 2.22. The van der Waals surface area contributed by atoms with E-state index < -0.39 is 0 Å². The minimum atomic E-state index is 0.693. The van der Waals surface area contributed by atoms with E-state index in [0.717, 1.165) is 24.3 Å². The molecule has 0 aliphatic rings. The molecule has 1 aromatic carbocycles. The van der Waals surface area contributed by atoms with Crippen molar-refractivity contribution in [2.75, 3.05) is 6.61 Å². The Balaban J connectivity index is 2.59. The van der Waals surface area contributed by atoms with Crippen molar-refractivity contribution in [3.8, 4) is 5.75 Å². The summed E-state index contributed by atoms with van der Waals surface area (Å²) < 4.78 is 5.75. The summed E-state index contributed by atoms with van der Waals surface area (Å²) in [5.74, 6) is 1.68. The van der Waals surface area contributed by atoms with Crippen molar-refractivity contribution >= 4 is 6.08 Å². The van der Waals surface area contributed by atoms with Crippen molar-refractivity contribution in [1.29, 1.82) is 0 Å². The molecule has 0 aliphatic carbocycles. The van der Waals surface area contributed by atoms with E-state index in [9.17, 15) is 0 Å². The zero-order valence-corrected chi connectivity index (χ0v) is 9.86. The van der Waals surface area contributed by atoms with Crippen LogP contribution in [-0.2, 0) is 0 Å². The van der Waals surface area contributed by atoms with E-state index in [1.807, 2.05) is 31.2 Å². The first-order valence-corrected chi connectivity index (χ1v) is 5.58. The lowest BCUT2D eigenvalue weighted by Gasteiger charge is -2.10. The minimum absolute atomic E-state index is 0.693. The summed E-state index contributed by atoms with van der Waals surface area (Å²) in [4.78, 5) is 0. The van der Waals surface area contributed by atoms with E-state index in [0.29, 0.717) is 5.92 Å². The summed E-state index contributed by atoms with van der Waals surface area (Å²) in [6.45, 7) is 7.24. The second-order valence-electron chi connectivity index (χ2n) is 4.07. The summed E-state index contributed by atoms with van der Waals surface area (Å²) in [7, 11) is 0. The monoisotopic (exact) mass is 204 g/mol. The molecule has 0 N–H and O–H groups in total. The van der Waals surface area contributed by atoms with Gasteiger partial charge in [-0.3, -0.25) is 0 Å². The topological polar surface area (TPSA) is 9.23 Å². The lowest BCUT2D eigenvalue weighted by molar-refractivity contribution is 0.289. The van der Waals surface area contributed by atoms with E-state index >= 15 is 0 Å². The molecule has 0 bridgehead atoms. The molecule has 0 heterocycles. The molecule has 0 aromatic heterocycles. The summed E-state index contributed by atoms with van der Waals surface area (Å²) in [6, 6.07) is 8.14. The Bertz CT molecular complexity index is 313. The first-order valence-electron chi connectivity index (χ1n) is 5.58. The highest BCUT2D eigenvalue weighted by molar-refractivity contribution is 5.56. The highest BCUT2D eigenvalue weighted by atomic mass is 16.5. The van der Waals surface area contributed by atoms with E-state index in [2.05, 4.69) is 26.0 Å². The Kier molecular flexibility index (Phi) is 4.96. The first kappa shape index (κ1) is 11.8. The van der Waals surface area contributed by atoms with Gasteiger partial charge in [0.1, 0.15) is 5.75 Å². The van der Waals surface area contributed by atoms with Crippen molar-refractivity contribution < 1.29 is 4.74 Å². The van der Waals surface area contributed by atoms with Gasteiger partial charge in [-0.25, -0.2) is 0 Å². The molecule has 82 valence electrons. The number of ether oxygens (including phenoxy) is 1. The smallest absolute Gasteiger partial charge is 0.126 e. The Labute approximate surface area is 92.8 Å². The van der Waals surface area contributed by atoms with E-state index in [-0.39, 0.29) is 0 Å². The van der Waals surface area contributed by atoms with Crippen LogP contribution in [0.5, 0.6) is 5.75 Å². The second-order valence-corrected chi connectivity index (χ2v) is 4.07. The number of allylic oxidation sites excluding steroid dienone is 1. The third kappa shape index (κ3) is 4.20. The van der Waals surface area contributed by atoms with Gasteiger partial charge < -0.3 is 4.74 Å². The summed E-state index contributed by atoms with van der Waals surface area (Å²) >= 11 is 0. The fourth-order valence-electron chi connectivity index (χ4n) is 1.33. The maximum atomic E-state index is 5.75. The molecule has 0 unspecified atom stereocenters. The molecule has 1 aromatic rings. The van der Waals surface area contributed by atoms with Gasteiger partial charge in [-0.1, -0.05) is 44.2 Å². The van der Waals surface area contributed by atoms with Crippen molar-refractivity contribution in [1.82, 2.24) is 0 Å². The molecular formula is C14H20O. The number of benzene rings is 1. The van der Waals surface area contributed by atoms with Crippen molar-refractivity contribution in [2.24, 2.45) is 5.92 Å². The van der Waals surface area contributed by atoms with Gasteiger partial charge in [0.2, 0.25) is 0 Å². The van der Waals surface area contributed by atoms with Crippen LogP contribution in [0.4, 0.5) is 0 Å². The van der Waals surface area contributed by atoms with Crippen LogP contribution in [0.3, 0.4) is 0 Å². The quantitative estimate of drug-likeness (QED) is 0.700. The predicted molar refractivity (Wildman–Crippen MR) is 66.1 cm³/mol. The third-order valence-corrected chi connectivity index (χ3v) is 2.22. The fraction of sp³-hybridized carbons (Fsp3) is 0.429. The molecule has 15 heavy (non-hydrogen) atoms. The normalized spacial score (nSPS) is 11.2. The van der Waals surface area contributed by atoms with E-state index in [1.165, 1.54) is 0 Å². The maximum Gasteiger partial charge on any atom is 0.126 e. The molecule has 0 radical (unpaired) electrons. The largest absolute Gasteiger partial charge is 0.493 e. The highest BCUT2D eigenvalue weighted by Crippen LogP contribution is 2.19. The predicted octanol–water partition coefficient (Wildman–Crippen LogP) is 4.14. The standard InChI is InChI=1S/C14H20O/c1-4-7-13-8-5-6-9-14(13)15-11-10-12(2)3/h4-9,12H,10-11H2,1-3H3. The van der Waals surface area contributed by atoms with Gasteiger partial charge in [0.15, 0.2) is 0 Å². The second kappa shape index (κ2) is 6.28. The molecule has 0 amide bonds. The Morgan fingerprint density at radius 2 is 2.00 bits per heavy atom. The Morgan fingerprint density at radius 3 is 2.67 bits per heavy atom. The van der Waals surface area contributed by atoms with Crippen LogP contribution < -0.4 is 4.74 Å². The van der Waals surface area contributed by atoms with Crippen LogP contribution in [-0.4, -0.2) is 6.61 Å². The van der Waals surface area contributed by atoms with Gasteiger partial charge >= 0.3 is 0 Å². The lowest BCUT2D eigenvalue weighted by Crippen LogP contribution is -2.02. The lowest BCUT2D eigenvalue weighted by atomic mass is 10.1. The van der Waals surface area contributed by atoms with Crippen molar-refractivity contribution in [3.63, 3.8) is 0 Å². The highest BCUT2D eigenvalue weighted by Gasteiger charge is 2.00. The molecule has 1 rings (SSSR count). The zero-order valence-electron chi connectivity index (χ0n) is 9.86. The first-order chi connectivity index (χ1) is 7.24. The van der Waals surface area contributed by atoms with Crippen LogP contribution >= 0.6 is 0 Å². The molecule has 1 heteroatoms. The van der Waals surface area contributed by atoms with Gasteiger partial charge in [-0.15, -0.1) is 0 Å².